The Kier molecular flexibility index (Phi) is 5.24. The third-order valence-electron chi connectivity index (χ3n) is 3.02. The summed E-state index contributed by atoms with van der Waals surface area (Å²) in [6, 6.07) is 10.7. The van der Waals surface area contributed by atoms with Gasteiger partial charge in [-0.1, -0.05) is 40.5 Å². The first-order valence-corrected chi connectivity index (χ1v) is 8.08. The summed E-state index contributed by atoms with van der Waals surface area (Å²) in [7, 11) is 0. The van der Waals surface area contributed by atoms with E-state index in [-0.39, 0.29) is 0 Å². The first-order valence-electron chi connectivity index (χ1n) is 6.18. The highest BCUT2D eigenvalue weighted by molar-refractivity contribution is 9.09. The third-order valence-corrected chi connectivity index (χ3v) is 5.32. The maximum absolute atomic E-state index is 3.79. The predicted octanol–water partition coefficient (Wildman–Crippen LogP) is 5.12. The van der Waals surface area contributed by atoms with Crippen molar-refractivity contribution in [3.05, 3.63) is 30.3 Å². The lowest BCUT2D eigenvalue weighted by Crippen LogP contribution is -1.99. The van der Waals surface area contributed by atoms with Gasteiger partial charge in [0.15, 0.2) is 0 Å². The molecule has 0 bridgehead atoms. The second-order valence-corrected chi connectivity index (χ2v) is 6.86. The smallest absolute Gasteiger partial charge is 0.0174 e. The monoisotopic (exact) mass is 298 g/mol. The molecule has 0 N–H and O–H groups in total. The molecule has 0 saturated heterocycles. The number of hydrogen-bond acceptors (Lipinski definition) is 1. The van der Waals surface area contributed by atoms with E-state index < -0.39 is 0 Å². The van der Waals surface area contributed by atoms with Gasteiger partial charge in [-0.15, -0.1) is 11.8 Å². The average Bonchev–Trinajstić information content (AvgIpc) is 3.13. The Morgan fingerprint density at radius 3 is 2.62 bits per heavy atom. The van der Waals surface area contributed by atoms with Crippen LogP contribution in [0.4, 0.5) is 0 Å². The summed E-state index contributed by atoms with van der Waals surface area (Å²) in [5.74, 6) is 2.26. The quantitative estimate of drug-likeness (QED) is 0.382. The minimum atomic E-state index is 0.800. The Morgan fingerprint density at radius 2 is 1.94 bits per heavy atom. The second kappa shape index (κ2) is 6.70. The summed E-state index contributed by atoms with van der Waals surface area (Å²) in [5.41, 5.74) is 0. The van der Waals surface area contributed by atoms with Crippen LogP contribution in [0.15, 0.2) is 35.2 Å². The van der Waals surface area contributed by atoms with Gasteiger partial charge in [0.05, 0.1) is 0 Å². The van der Waals surface area contributed by atoms with Gasteiger partial charge < -0.3 is 0 Å². The number of halogens is 1. The van der Waals surface area contributed by atoms with E-state index in [1.54, 1.807) is 0 Å². The van der Waals surface area contributed by atoms with Gasteiger partial charge in [0.2, 0.25) is 0 Å². The molecule has 16 heavy (non-hydrogen) atoms. The summed E-state index contributed by atoms with van der Waals surface area (Å²) < 4.78 is 0. The molecule has 0 nitrogen and oxygen atoms in total. The van der Waals surface area contributed by atoms with Gasteiger partial charge in [-0.05, 0) is 49.5 Å². The molecule has 1 aromatic rings. The molecule has 2 heteroatoms. The van der Waals surface area contributed by atoms with Gasteiger partial charge in [-0.25, -0.2) is 0 Å². The lowest BCUT2D eigenvalue weighted by atomic mass is 10.1. The zero-order chi connectivity index (χ0) is 11.2. The summed E-state index contributed by atoms with van der Waals surface area (Å²) in [4.78, 5) is 2.20. The van der Waals surface area contributed by atoms with Crippen LogP contribution >= 0.6 is 27.7 Å². The van der Waals surface area contributed by atoms with Crippen molar-refractivity contribution in [3.8, 4) is 0 Å². The molecule has 1 aromatic carbocycles. The van der Waals surface area contributed by atoms with Gasteiger partial charge >= 0.3 is 0 Å². The van der Waals surface area contributed by atoms with E-state index in [0.717, 1.165) is 10.7 Å². The number of thioether (sulfide) groups is 1. The molecular weight excluding hydrogens is 280 g/mol. The van der Waals surface area contributed by atoms with Gasteiger partial charge in [0.1, 0.15) is 0 Å². The molecule has 0 aromatic heterocycles. The molecule has 1 saturated carbocycles. The van der Waals surface area contributed by atoms with Gasteiger partial charge in [0, 0.05) is 9.72 Å². The maximum Gasteiger partial charge on any atom is 0.0174 e. The van der Waals surface area contributed by atoms with Crippen LogP contribution in [-0.2, 0) is 0 Å². The Balaban J connectivity index is 1.52. The molecule has 1 aliphatic rings. The zero-order valence-corrected chi connectivity index (χ0v) is 12.0. The SMILES string of the molecule is BrC(CCCCSc1ccccc1)C1CC1. The van der Waals surface area contributed by atoms with Crippen LogP contribution in [0.3, 0.4) is 0 Å². The fourth-order valence-corrected chi connectivity index (χ4v) is 3.63. The Morgan fingerprint density at radius 1 is 1.19 bits per heavy atom. The Hall–Kier alpha value is 0.0500. The fraction of sp³-hybridized carbons (Fsp3) is 0.571. The van der Waals surface area contributed by atoms with Crippen molar-refractivity contribution in [2.75, 3.05) is 5.75 Å². The summed E-state index contributed by atoms with van der Waals surface area (Å²) >= 11 is 5.78. The molecule has 1 aliphatic carbocycles. The van der Waals surface area contributed by atoms with E-state index in [1.165, 1.54) is 42.8 Å². The van der Waals surface area contributed by atoms with E-state index >= 15 is 0 Å². The second-order valence-electron chi connectivity index (χ2n) is 4.51. The first-order chi connectivity index (χ1) is 7.86. The summed E-state index contributed by atoms with van der Waals surface area (Å²) in [6.07, 6.45) is 6.98. The largest absolute Gasteiger partial charge is 0.126 e. The van der Waals surface area contributed by atoms with E-state index in [4.69, 9.17) is 0 Å². The van der Waals surface area contributed by atoms with Gasteiger partial charge in [0.25, 0.3) is 0 Å². The van der Waals surface area contributed by atoms with Gasteiger partial charge in [-0.2, -0.15) is 0 Å². The van der Waals surface area contributed by atoms with Crippen molar-refractivity contribution in [2.24, 2.45) is 5.92 Å². The summed E-state index contributed by atoms with van der Waals surface area (Å²) in [6.45, 7) is 0. The van der Waals surface area contributed by atoms with Crippen molar-refractivity contribution in [1.29, 1.82) is 0 Å². The molecule has 0 aliphatic heterocycles. The molecule has 0 radical (unpaired) electrons. The average molecular weight is 299 g/mol. The van der Waals surface area contributed by atoms with Crippen molar-refractivity contribution < 1.29 is 0 Å². The van der Waals surface area contributed by atoms with Crippen LogP contribution in [0, 0.1) is 5.92 Å². The molecule has 0 amide bonds. The van der Waals surface area contributed by atoms with Crippen LogP contribution in [0.1, 0.15) is 32.1 Å². The zero-order valence-electron chi connectivity index (χ0n) is 9.57. The molecule has 0 spiro atoms. The first kappa shape index (κ1) is 12.5. The molecule has 88 valence electrons. The Labute approximate surface area is 111 Å². The van der Waals surface area contributed by atoms with Crippen LogP contribution < -0.4 is 0 Å². The summed E-state index contributed by atoms with van der Waals surface area (Å²) in [5, 5.41) is 0. The van der Waals surface area contributed by atoms with Crippen molar-refractivity contribution >= 4 is 27.7 Å². The number of unbranched alkanes of at least 4 members (excludes halogenated alkanes) is 1. The number of hydrogen-bond donors (Lipinski definition) is 0. The van der Waals surface area contributed by atoms with E-state index in [1.807, 2.05) is 11.8 Å². The molecule has 1 atom stereocenters. The lowest BCUT2D eigenvalue weighted by molar-refractivity contribution is 0.647. The van der Waals surface area contributed by atoms with Crippen LogP contribution in [0.25, 0.3) is 0 Å². The van der Waals surface area contributed by atoms with Crippen LogP contribution in [-0.4, -0.2) is 10.6 Å². The van der Waals surface area contributed by atoms with Crippen molar-refractivity contribution in [1.82, 2.24) is 0 Å². The topological polar surface area (TPSA) is 0 Å². The molecule has 1 unspecified atom stereocenters. The normalized spacial score (nSPS) is 17.3. The minimum absolute atomic E-state index is 0.800. The molecule has 2 rings (SSSR count). The standard InChI is InChI=1S/C14H19BrS/c15-14(12-9-10-12)8-4-5-11-16-13-6-2-1-3-7-13/h1-3,6-7,12,14H,4-5,8-11H2. The molecule has 1 fully saturated rings. The predicted molar refractivity (Wildman–Crippen MR) is 76.5 cm³/mol. The van der Waals surface area contributed by atoms with E-state index in [9.17, 15) is 0 Å². The minimum Gasteiger partial charge on any atom is -0.126 e. The number of benzene rings is 1. The number of alkyl halides is 1. The lowest BCUT2D eigenvalue weighted by Gasteiger charge is -2.07. The third kappa shape index (κ3) is 4.50. The van der Waals surface area contributed by atoms with Crippen molar-refractivity contribution in [3.63, 3.8) is 0 Å². The number of rotatable bonds is 7. The highest BCUT2D eigenvalue weighted by atomic mass is 79.9. The van der Waals surface area contributed by atoms with Crippen molar-refractivity contribution in [2.45, 2.75) is 41.8 Å². The fourth-order valence-electron chi connectivity index (χ4n) is 1.84. The van der Waals surface area contributed by atoms with Crippen LogP contribution in [0.2, 0.25) is 0 Å². The van der Waals surface area contributed by atoms with E-state index in [0.29, 0.717) is 0 Å². The highest BCUT2D eigenvalue weighted by Gasteiger charge is 2.28. The van der Waals surface area contributed by atoms with E-state index in [2.05, 4.69) is 46.3 Å². The molecule has 0 heterocycles. The van der Waals surface area contributed by atoms with Gasteiger partial charge in [-0.3, -0.25) is 0 Å². The Bertz CT molecular complexity index is 295. The maximum atomic E-state index is 3.79. The molecular formula is C14H19BrS. The van der Waals surface area contributed by atoms with Crippen LogP contribution in [0.5, 0.6) is 0 Å². The highest BCUT2D eigenvalue weighted by Crippen LogP contribution is 2.38.